The molecule has 1 aromatic heterocycles. The van der Waals surface area contributed by atoms with E-state index in [1.54, 1.807) is 0 Å². The summed E-state index contributed by atoms with van der Waals surface area (Å²) < 4.78 is 5.23. The van der Waals surface area contributed by atoms with E-state index in [-0.39, 0.29) is 5.91 Å². The first-order valence-electron chi connectivity index (χ1n) is 6.76. The molecular formula is C13H19N3O2. The van der Waals surface area contributed by atoms with E-state index in [0.29, 0.717) is 11.6 Å². The molecule has 5 heteroatoms. The molecule has 0 atom stereocenters. The summed E-state index contributed by atoms with van der Waals surface area (Å²) in [4.78, 5) is 16.5. The molecule has 3 rings (SSSR count). The van der Waals surface area contributed by atoms with E-state index < -0.39 is 0 Å². The highest BCUT2D eigenvalue weighted by atomic mass is 16.5. The standard InChI is InChI=1S/C13H19N3O2/c1-2-15-5-7-16(8-6-15)13(17)11-9-12(18-14-11)10-3-4-10/h9-10H,2-8H2,1H3. The number of amides is 1. The second-order valence-corrected chi connectivity index (χ2v) is 5.12. The molecule has 2 aliphatic rings. The van der Waals surface area contributed by atoms with Gasteiger partial charge in [0.15, 0.2) is 5.69 Å². The van der Waals surface area contributed by atoms with E-state index in [1.165, 1.54) is 0 Å². The van der Waals surface area contributed by atoms with Gasteiger partial charge in [0, 0.05) is 38.2 Å². The number of piperazine rings is 1. The van der Waals surface area contributed by atoms with Crippen LogP contribution in [0.1, 0.15) is 41.9 Å². The lowest BCUT2D eigenvalue weighted by Crippen LogP contribution is -2.48. The maximum absolute atomic E-state index is 12.2. The third-order valence-corrected chi connectivity index (χ3v) is 3.83. The van der Waals surface area contributed by atoms with Crippen LogP contribution in [0.3, 0.4) is 0 Å². The third-order valence-electron chi connectivity index (χ3n) is 3.83. The molecule has 18 heavy (non-hydrogen) atoms. The Morgan fingerprint density at radius 2 is 2.11 bits per heavy atom. The second-order valence-electron chi connectivity index (χ2n) is 5.12. The van der Waals surface area contributed by atoms with Crippen LogP contribution in [-0.2, 0) is 0 Å². The number of hydrogen-bond acceptors (Lipinski definition) is 4. The van der Waals surface area contributed by atoms with Gasteiger partial charge in [-0.05, 0) is 19.4 Å². The van der Waals surface area contributed by atoms with Crippen molar-refractivity contribution in [1.29, 1.82) is 0 Å². The van der Waals surface area contributed by atoms with Crippen LogP contribution >= 0.6 is 0 Å². The Hall–Kier alpha value is -1.36. The van der Waals surface area contributed by atoms with Gasteiger partial charge in [-0.3, -0.25) is 4.79 Å². The van der Waals surface area contributed by atoms with Crippen molar-refractivity contribution >= 4 is 5.91 Å². The van der Waals surface area contributed by atoms with Crippen LogP contribution in [0.4, 0.5) is 0 Å². The minimum absolute atomic E-state index is 0.0152. The number of carbonyl (C=O) groups excluding carboxylic acids is 1. The molecule has 1 amide bonds. The molecule has 0 spiro atoms. The molecule has 0 unspecified atom stereocenters. The van der Waals surface area contributed by atoms with E-state index in [4.69, 9.17) is 4.52 Å². The van der Waals surface area contributed by atoms with Crippen molar-refractivity contribution in [2.75, 3.05) is 32.7 Å². The van der Waals surface area contributed by atoms with Crippen LogP contribution < -0.4 is 0 Å². The Bertz CT molecular complexity index is 431. The van der Waals surface area contributed by atoms with Crippen LogP contribution in [0.2, 0.25) is 0 Å². The number of rotatable bonds is 3. The first-order valence-corrected chi connectivity index (χ1v) is 6.76. The summed E-state index contributed by atoms with van der Waals surface area (Å²) in [5.74, 6) is 1.41. The fraction of sp³-hybridized carbons (Fsp3) is 0.692. The quantitative estimate of drug-likeness (QED) is 0.811. The number of hydrogen-bond donors (Lipinski definition) is 0. The van der Waals surface area contributed by atoms with Gasteiger partial charge < -0.3 is 14.3 Å². The SMILES string of the molecule is CCN1CCN(C(=O)c2cc(C3CC3)on2)CC1. The van der Waals surface area contributed by atoms with Crippen molar-refractivity contribution in [3.63, 3.8) is 0 Å². The number of aromatic nitrogens is 1. The van der Waals surface area contributed by atoms with Gasteiger partial charge in [-0.2, -0.15) is 0 Å². The molecule has 2 heterocycles. The normalized spacial score (nSPS) is 21.3. The summed E-state index contributed by atoms with van der Waals surface area (Å²) in [5.41, 5.74) is 0.474. The topological polar surface area (TPSA) is 49.6 Å². The van der Waals surface area contributed by atoms with Gasteiger partial charge in [0.2, 0.25) is 0 Å². The summed E-state index contributed by atoms with van der Waals surface area (Å²) in [7, 11) is 0. The Balaban J connectivity index is 1.63. The Labute approximate surface area is 107 Å². The van der Waals surface area contributed by atoms with Crippen LogP contribution in [0.15, 0.2) is 10.6 Å². The van der Waals surface area contributed by atoms with Crippen molar-refractivity contribution in [1.82, 2.24) is 15.0 Å². The monoisotopic (exact) mass is 249 g/mol. The molecule has 1 saturated heterocycles. The highest BCUT2D eigenvalue weighted by Gasteiger charge is 2.30. The van der Waals surface area contributed by atoms with Gasteiger partial charge in [0.1, 0.15) is 5.76 Å². The lowest BCUT2D eigenvalue weighted by atomic mass is 10.2. The van der Waals surface area contributed by atoms with Crippen molar-refractivity contribution in [2.45, 2.75) is 25.7 Å². The average Bonchev–Trinajstić information content (AvgIpc) is 3.16. The molecule has 1 aliphatic carbocycles. The predicted octanol–water partition coefficient (Wildman–Crippen LogP) is 1.33. The van der Waals surface area contributed by atoms with E-state index in [1.807, 2.05) is 11.0 Å². The fourth-order valence-electron chi connectivity index (χ4n) is 2.38. The highest BCUT2D eigenvalue weighted by Crippen LogP contribution is 2.40. The summed E-state index contributed by atoms with van der Waals surface area (Å²) in [6, 6.07) is 1.83. The van der Waals surface area contributed by atoms with Gasteiger partial charge in [0.25, 0.3) is 5.91 Å². The molecule has 0 bridgehead atoms. The van der Waals surface area contributed by atoms with E-state index in [9.17, 15) is 4.79 Å². The zero-order chi connectivity index (χ0) is 12.5. The fourth-order valence-corrected chi connectivity index (χ4v) is 2.38. The number of nitrogens with zero attached hydrogens (tertiary/aromatic N) is 3. The van der Waals surface area contributed by atoms with Crippen LogP contribution in [0.25, 0.3) is 0 Å². The second kappa shape index (κ2) is 4.72. The van der Waals surface area contributed by atoms with Crippen LogP contribution in [0.5, 0.6) is 0 Å². The summed E-state index contributed by atoms with van der Waals surface area (Å²) in [5, 5.41) is 3.91. The molecule has 0 N–H and O–H groups in total. The zero-order valence-electron chi connectivity index (χ0n) is 10.8. The van der Waals surface area contributed by atoms with Gasteiger partial charge in [-0.1, -0.05) is 12.1 Å². The molecule has 2 fully saturated rings. The van der Waals surface area contributed by atoms with Crippen molar-refractivity contribution in [3.05, 3.63) is 17.5 Å². The molecular weight excluding hydrogens is 230 g/mol. The predicted molar refractivity (Wildman–Crippen MR) is 66.5 cm³/mol. The average molecular weight is 249 g/mol. The van der Waals surface area contributed by atoms with Crippen molar-refractivity contribution < 1.29 is 9.32 Å². The summed E-state index contributed by atoms with van der Waals surface area (Å²) >= 11 is 0. The molecule has 1 saturated carbocycles. The molecule has 0 aromatic carbocycles. The van der Waals surface area contributed by atoms with Crippen LogP contribution in [0, 0.1) is 0 Å². The lowest BCUT2D eigenvalue weighted by molar-refractivity contribution is 0.0633. The smallest absolute Gasteiger partial charge is 0.276 e. The molecule has 98 valence electrons. The number of likely N-dealkylation sites (N-methyl/N-ethyl adjacent to an activating group) is 1. The van der Waals surface area contributed by atoms with E-state index in [0.717, 1.165) is 51.3 Å². The highest BCUT2D eigenvalue weighted by molar-refractivity contribution is 5.92. The molecule has 1 aromatic rings. The first kappa shape index (κ1) is 11.7. The van der Waals surface area contributed by atoms with Crippen molar-refractivity contribution in [2.24, 2.45) is 0 Å². The van der Waals surface area contributed by atoms with Gasteiger partial charge in [-0.25, -0.2) is 0 Å². The minimum Gasteiger partial charge on any atom is -0.360 e. The van der Waals surface area contributed by atoms with Gasteiger partial charge in [0.05, 0.1) is 0 Å². The maximum atomic E-state index is 12.2. The van der Waals surface area contributed by atoms with Crippen LogP contribution in [-0.4, -0.2) is 53.6 Å². The Morgan fingerprint density at radius 3 is 2.72 bits per heavy atom. The minimum atomic E-state index is 0.0152. The van der Waals surface area contributed by atoms with E-state index >= 15 is 0 Å². The largest absolute Gasteiger partial charge is 0.360 e. The maximum Gasteiger partial charge on any atom is 0.276 e. The summed E-state index contributed by atoms with van der Waals surface area (Å²) in [6.45, 7) is 6.69. The lowest BCUT2D eigenvalue weighted by Gasteiger charge is -2.33. The Morgan fingerprint density at radius 1 is 1.39 bits per heavy atom. The van der Waals surface area contributed by atoms with Gasteiger partial charge in [-0.15, -0.1) is 0 Å². The third kappa shape index (κ3) is 2.27. The zero-order valence-corrected chi connectivity index (χ0v) is 10.8. The Kier molecular flexibility index (Phi) is 3.07. The molecule has 0 radical (unpaired) electrons. The van der Waals surface area contributed by atoms with E-state index in [2.05, 4.69) is 17.0 Å². The summed E-state index contributed by atoms with van der Waals surface area (Å²) in [6.07, 6.45) is 2.33. The first-order chi connectivity index (χ1) is 8.78. The van der Waals surface area contributed by atoms with Crippen molar-refractivity contribution in [3.8, 4) is 0 Å². The van der Waals surface area contributed by atoms with Gasteiger partial charge >= 0.3 is 0 Å². The molecule has 1 aliphatic heterocycles. The number of carbonyl (C=O) groups is 1. The molecule has 5 nitrogen and oxygen atoms in total.